The highest BCUT2D eigenvalue weighted by Crippen LogP contribution is 2.24. The zero-order chi connectivity index (χ0) is 10.8. The molecule has 1 N–H and O–H groups in total. The zero-order valence-electron chi connectivity index (χ0n) is 8.88. The van der Waals surface area contributed by atoms with Crippen molar-refractivity contribution >= 4 is 29.2 Å². The van der Waals surface area contributed by atoms with Crippen LogP contribution in [-0.2, 0) is 0 Å². The van der Waals surface area contributed by atoms with Crippen LogP contribution in [0, 0.1) is 13.8 Å². The summed E-state index contributed by atoms with van der Waals surface area (Å²) in [6.45, 7) is 3.81. The Morgan fingerprint density at radius 3 is 2.87 bits per heavy atom. The van der Waals surface area contributed by atoms with Crippen molar-refractivity contribution in [3.05, 3.63) is 16.5 Å². The fraction of sp³-hybridized carbons (Fsp3) is 0.600. The third-order valence-electron chi connectivity index (χ3n) is 2.47. The van der Waals surface area contributed by atoms with Crippen LogP contribution in [-0.4, -0.2) is 27.5 Å². The fourth-order valence-corrected chi connectivity index (χ4v) is 2.94. The van der Waals surface area contributed by atoms with E-state index in [0.29, 0.717) is 11.2 Å². The third-order valence-corrected chi connectivity index (χ3v) is 4.00. The molecule has 5 heteroatoms. The van der Waals surface area contributed by atoms with Crippen molar-refractivity contribution < 1.29 is 0 Å². The van der Waals surface area contributed by atoms with E-state index in [-0.39, 0.29) is 0 Å². The molecule has 2 heterocycles. The second-order valence-electron chi connectivity index (χ2n) is 3.74. The lowest BCUT2D eigenvalue weighted by Crippen LogP contribution is -2.20. The number of nitrogens with one attached hydrogen (secondary N) is 1. The predicted octanol–water partition coefficient (Wildman–Crippen LogP) is 2.66. The predicted molar refractivity (Wildman–Crippen MR) is 65.9 cm³/mol. The quantitative estimate of drug-likeness (QED) is 0.811. The molecule has 0 bridgehead atoms. The van der Waals surface area contributed by atoms with Crippen molar-refractivity contribution in [2.24, 2.45) is 0 Å². The summed E-state index contributed by atoms with van der Waals surface area (Å²) < 4.78 is 0. The average molecular weight is 244 g/mol. The van der Waals surface area contributed by atoms with Crippen LogP contribution in [0.2, 0.25) is 5.15 Å². The first-order chi connectivity index (χ1) is 7.16. The summed E-state index contributed by atoms with van der Waals surface area (Å²) in [5.74, 6) is 3.99. The van der Waals surface area contributed by atoms with Crippen LogP contribution in [0.1, 0.15) is 17.8 Å². The first-order valence-electron chi connectivity index (χ1n) is 5.02. The van der Waals surface area contributed by atoms with Crippen molar-refractivity contribution in [2.75, 3.05) is 16.8 Å². The molecule has 0 aliphatic carbocycles. The third kappa shape index (κ3) is 2.55. The molecule has 1 aliphatic rings. The molecule has 0 aromatic carbocycles. The van der Waals surface area contributed by atoms with Gasteiger partial charge in [0.1, 0.15) is 16.8 Å². The molecule has 1 fully saturated rings. The summed E-state index contributed by atoms with van der Waals surface area (Å²) >= 11 is 7.99. The van der Waals surface area contributed by atoms with E-state index in [4.69, 9.17) is 11.6 Å². The van der Waals surface area contributed by atoms with Gasteiger partial charge in [0.2, 0.25) is 0 Å². The highest BCUT2D eigenvalue weighted by molar-refractivity contribution is 7.99. The van der Waals surface area contributed by atoms with Crippen molar-refractivity contribution in [1.82, 2.24) is 9.97 Å². The van der Waals surface area contributed by atoms with Gasteiger partial charge in [-0.15, -0.1) is 0 Å². The Morgan fingerprint density at radius 1 is 1.40 bits per heavy atom. The molecule has 0 saturated carbocycles. The maximum absolute atomic E-state index is 6.01. The fourth-order valence-electron chi connectivity index (χ4n) is 1.58. The second-order valence-corrected chi connectivity index (χ2v) is 5.25. The van der Waals surface area contributed by atoms with Crippen molar-refractivity contribution in [1.29, 1.82) is 0 Å². The highest BCUT2D eigenvalue weighted by Gasteiger charge is 2.17. The molecule has 82 valence electrons. The number of hydrogen-bond donors (Lipinski definition) is 1. The van der Waals surface area contributed by atoms with E-state index in [1.54, 1.807) is 0 Å². The van der Waals surface area contributed by atoms with Crippen LogP contribution in [0.3, 0.4) is 0 Å². The first-order valence-corrected chi connectivity index (χ1v) is 6.55. The van der Waals surface area contributed by atoms with Crippen LogP contribution in [0.5, 0.6) is 0 Å². The number of rotatable bonds is 2. The molecule has 1 saturated heterocycles. The Kier molecular flexibility index (Phi) is 3.36. The Hall–Kier alpha value is -0.480. The topological polar surface area (TPSA) is 37.8 Å². The van der Waals surface area contributed by atoms with Crippen molar-refractivity contribution in [2.45, 2.75) is 26.3 Å². The van der Waals surface area contributed by atoms with Crippen LogP contribution < -0.4 is 5.32 Å². The minimum atomic E-state index is 0.527. The Labute approximate surface area is 99.0 Å². The average Bonchev–Trinajstić information content (AvgIpc) is 2.66. The molecule has 0 amide bonds. The van der Waals surface area contributed by atoms with E-state index >= 15 is 0 Å². The molecule has 1 aliphatic heterocycles. The van der Waals surface area contributed by atoms with Crippen LogP contribution in [0.4, 0.5) is 5.82 Å². The number of halogens is 1. The first kappa shape index (κ1) is 11.0. The van der Waals surface area contributed by atoms with Crippen LogP contribution in [0.15, 0.2) is 0 Å². The summed E-state index contributed by atoms with van der Waals surface area (Å²) in [6, 6.07) is 0.527. The number of nitrogens with zero attached hydrogens (tertiary/aromatic N) is 2. The van der Waals surface area contributed by atoms with Gasteiger partial charge in [0.05, 0.1) is 0 Å². The van der Waals surface area contributed by atoms with Gasteiger partial charge in [0, 0.05) is 17.4 Å². The smallest absolute Gasteiger partial charge is 0.137 e. The number of aryl methyl sites for hydroxylation is 1. The maximum atomic E-state index is 6.01. The number of thioether (sulfide) groups is 1. The lowest BCUT2D eigenvalue weighted by molar-refractivity contribution is 0.801. The molecule has 1 aromatic heterocycles. The standard InChI is InChI=1S/C10H14ClN3S/c1-6-9(11)12-7(2)13-10(6)14-8-3-4-15-5-8/h8H,3-5H2,1-2H3,(H,12,13,14). The van der Waals surface area contributed by atoms with E-state index < -0.39 is 0 Å². The normalized spacial score (nSPS) is 20.6. The highest BCUT2D eigenvalue weighted by atomic mass is 35.5. The molecule has 2 rings (SSSR count). The molecular weight excluding hydrogens is 230 g/mol. The molecule has 15 heavy (non-hydrogen) atoms. The molecule has 0 spiro atoms. The Bertz CT molecular complexity index is 364. The molecule has 1 atom stereocenters. The van der Waals surface area contributed by atoms with Crippen molar-refractivity contribution in [3.63, 3.8) is 0 Å². The van der Waals surface area contributed by atoms with Gasteiger partial charge < -0.3 is 5.32 Å². The van der Waals surface area contributed by atoms with Gasteiger partial charge >= 0.3 is 0 Å². The molecule has 3 nitrogen and oxygen atoms in total. The maximum Gasteiger partial charge on any atom is 0.137 e. The summed E-state index contributed by atoms with van der Waals surface area (Å²) in [5, 5.41) is 3.99. The largest absolute Gasteiger partial charge is 0.366 e. The minimum Gasteiger partial charge on any atom is -0.366 e. The van der Waals surface area contributed by atoms with Gasteiger partial charge in [-0.3, -0.25) is 0 Å². The SMILES string of the molecule is Cc1nc(Cl)c(C)c(NC2CCSC2)n1. The lowest BCUT2D eigenvalue weighted by atomic mass is 10.2. The van der Waals surface area contributed by atoms with Gasteiger partial charge in [0.15, 0.2) is 0 Å². The molecule has 1 unspecified atom stereocenters. The van der Waals surface area contributed by atoms with Gasteiger partial charge in [-0.25, -0.2) is 9.97 Å². The molecular formula is C10H14ClN3S. The number of aromatic nitrogens is 2. The van der Waals surface area contributed by atoms with Gasteiger partial charge in [-0.05, 0) is 26.0 Å². The van der Waals surface area contributed by atoms with Gasteiger partial charge in [-0.2, -0.15) is 11.8 Å². The summed E-state index contributed by atoms with van der Waals surface area (Å²) in [7, 11) is 0. The monoisotopic (exact) mass is 243 g/mol. The number of hydrogen-bond acceptors (Lipinski definition) is 4. The number of anilines is 1. The van der Waals surface area contributed by atoms with E-state index in [1.807, 2.05) is 25.6 Å². The minimum absolute atomic E-state index is 0.527. The summed E-state index contributed by atoms with van der Waals surface area (Å²) in [4.78, 5) is 8.50. The molecule has 0 radical (unpaired) electrons. The Balaban J connectivity index is 2.19. The Morgan fingerprint density at radius 2 is 2.20 bits per heavy atom. The van der Waals surface area contributed by atoms with E-state index in [1.165, 1.54) is 12.2 Å². The second kappa shape index (κ2) is 4.58. The van der Waals surface area contributed by atoms with Crippen LogP contribution >= 0.6 is 23.4 Å². The van der Waals surface area contributed by atoms with E-state index in [9.17, 15) is 0 Å². The lowest BCUT2D eigenvalue weighted by Gasteiger charge is -2.14. The van der Waals surface area contributed by atoms with E-state index in [2.05, 4.69) is 15.3 Å². The summed E-state index contributed by atoms with van der Waals surface area (Å²) in [6.07, 6.45) is 1.20. The van der Waals surface area contributed by atoms with E-state index in [0.717, 1.165) is 23.0 Å². The van der Waals surface area contributed by atoms with Crippen molar-refractivity contribution in [3.8, 4) is 0 Å². The van der Waals surface area contributed by atoms with Crippen LogP contribution in [0.25, 0.3) is 0 Å². The van der Waals surface area contributed by atoms with Gasteiger partial charge in [0.25, 0.3) is 0 Å². The van der Waals surface area contributed by atoms with Gasteiger partial charge in [-0.1, -0.05) is 11.6 Å². The zero-order valence-corrected chi connectivity index (χ0v) is 10.5. The summed E-state index contributed by atoms with van der Waals surface area (Å²) in [5.41, 5.74) is 0.944. The molecule has 1 aromatic rings.